The summed E-state index contributed by atoms with van der Waals surface area (Å²) < 4.78 is 0. The molecule has 24 heavy (non-hydrogen) atoms. The van der Waals surface area contributed by atoms with Gasteiger partial charge in [-0.2, -0.15) is 5.10 Å². The molecule has 0 spiro atoms. The topological polar surface area (TPSA) is 73.9 Å². The molecular weight excluding hydrogens is 369 g/mol. The third-order valence-electron chi connectivity index (χ3n) is 3.73. The van der Waals surface area contributed by atoms with Crippen LogP contribution in [0.1, 0.15) is 22.8 Å². The van der Waals surface area contributed by atoms with Gasteiger partial charge in [0.25, 0.3) is 5.91 Å². The number of H-pyrrole nitrogens is 1. The highest BCUT2D eigenvalue weighted by Gasteiger charge is 2.23. The van der Waals surface area contributed by atoms with E-state index in [2.05, 4.69) is 27.4 Å². The van der Waals surface area contributed by atoms with Crippen molar-refractivity contribution in [3.8, 4) is 0 Å². The number of rotatable bonds is 4. The van der Waals surface area contributed by atoms with E-state index in [1.165, 1.54) is 6.33 Å². The molecule has 0 unspecified atom stereocenters. The molecule has 1 aromatic carbocycles. The minimum absolute atomic E-state index is 0. The lowest BCUT2D eigenvalue weighted by molar-refractivity contribution is 0.0656. The van der Waals surface area contributed by atoms with E-state index in [-0.39, 0.29) is 36.8 Å². The van der Waals surface area contributed by atoms with Crippen molar-refractivity contribution in [2.45, 2.75) is 23.9 Å². The van der Waals surface area contributed by atoms with Gasteiger partial charge in [-0.25, -0.2) is 4.98 Å². The van der Waals surface area contributed by atoms with Gasteiger partial charge >= 0.3 is 0 Å². The van der Waals surface area contributed by atoms with Crippen LogP contribution in [0.4, 0.5) is 0 Å². The summed E-state index contributed by atoms with van der Waals surface area (Å²) in [4.78, 5) is 18.6. The molecule has 0 aliphatic carbocycles. The van der Waals surface area contributed by atoms with Crippen LogP contribution in [0.15, 0.2) is 35.7 Å². The second-order valence-electron chi connectivity index (χ2n) is 5.33. The Hall–Kier alpha value is -1.28. The van der Waals surface area contributed by atoms with Gasteiger partial charge in [0.1, 0.15) is 6.33 Å². The summed E-state index contributed by atoms with van der Waals surface area (Å²) in [5.41, 5.74) is 1.91. The average Bonchev–Trinajstić information content (AvgIpc) is 3.07. The van der Waals surface area contributed by atoms with Crippen LogP contribution in [-0.4, -0.2) is 51.7 Å². The summed E-state index contributed by atoms with van der Waals surface area (Å²) in [5.74, 6) is 0.914. The number of benzene rings is 1. The van der Waals surface area contributed by atoms with Gasteiger partial charge in [-0.15, -0.1) is 24.8 Å². The fraction of sp³-hybridized carbons (Fsp3) is 0.400. The number of hydrogen-bond acceptors (Lipinski definition) is 5. The van der Waals surface area contributed by atoms with Crippen molar-refractivity contribution in [2.24, 2.45) is 0 Å². The Morgan fingerprint density at radius 2 is 2.08 bits per heavy atom. The Morgan fingerprint density at radius 1 is 1.33 bits per heavy atom. The smallest absolute Gasteiger partial charge is 0.254 e. The van der Waals surface area contributed by atoms with E-state index in [1.807, 2.05) is 29.2 Å². The van der Waals surface area contributed by atoms with Gasteiger partial charge in [0.05, 0.1) is 0 Å². The van der Waals surface area contributed by atoms with E-state index in [1.54, 1.807) is 11.8 Å². The van der Waals surface area contributed by atoms with E-state index in [0.717, 1.165) is 41.7 Å². The van der Waals surface area contributed by atoms with Crippen molar-refractivity contribution in [3.05, 3.63) is 41.7 Å². The zero-order valence-electron chi connectivity index (χ0n) is 13.3. The molecule has 1 atom stereocenters. The molecule has 1 aliphatic rings. The van der Waals surface area contributed by atoms with Gasteiger partial charge in [0, 0.05) is 37.0 Å². The van der Waals surface area contributed by atoms with E-state index in [9.17, 15) is 4.79 Å². The standard InChI is InChI=1S/C15H19N5OS.2ClH/c1-11-8-16-6-7-20(11)14(21)13-4-2-12(3-5-13)9-22-15-17-10-18-19-15;;/h2-5,10-11,16H,6-9H2,1H3,(H,17,18,19);2*1H/t11-;;/m0../s1. The molecule has 3 rings (SSSR count). The normalized spacial score (nSPS) is 16.9. The summed E-state index contributed by atoms with van der Waals surface area (Å²) in [7, 11) is 0. The van der Waals surface area contributed by atoms with Crippen molar-refractivity contribution in [1.29, 1.82) is 0 Å². The molecule has 1 saturated heterocycles. The van der Waals surface area contributed by atoms with Crippen LogP contribution in [0, 0.1) is 0 Å². The lowest BCUT2D eigenvalue weighted by Crippen LogP contribution is -2.52. The Balaban J connectivity index is 0.00000144. The number of carbonyl (C=O) groups excluding carboxylic acids is 1. The van der Waals surface area contributed by atoms with Crippen LogP contribution in [0.3, 0.4) is 0 Å². The van der Waals surface area contributed by atoms with Crippen LogP contribution in [0.2, 0.25) is 0 Å². The van der Waals surface area contributed by atoms with E-state index in [4.69, 9.17) is 0 Å². The quantitative estimate of drug-likeness (QED) is 0.785. The monoisotopic (exact) mass is 389 g/mol. The molecule has 132 valence electrons. The first-order valence-corrected chi connectivity index (χ1v) is 8.31. The maximum Gasteiger partial charge on any atom is 0.254 e. The largest absolute Gasteiger partial charge is 0.333 e. The van der Waals surface area contributed by atoms with Gasteiger partial charge in [0.2, 0.25) is 0 Å². The summed E-state index contributed by atoms with van der Waals surface area (Å²) in [6.45, 7) is 4.56. The molecule has 9 heteroatoms. The first-order chi connectivity index (χ1) is 10.7. The zero-order valence-corrected chi connectivity index (χ0v) is 15.7. The van der Waals surface area contributed by atoms with Crippen LogP contribution >= 0.6 is 36.6 Å². The Kier molecular flexibility index (Phi) is 8.55. The van der Waals surface area contributed by atoms with Gasteiger partial charge < -0.3 is 10.2 Å². The van der Waals surface area contributed by atoms with Gasteiger partial charge in [0.15, 0.2) is 5.16 Å². The zero-order chi connectivity index (χ0) is 15.4. The third kappa shape index (κ3) is 5.11. The van der Waals surface area contributed by atoms with Gasteiger partial charge in [-0.1, -0.05) is 23.9 Å². The molecule has 1 aliphatic heterocycles. The molecule has 0 radical (unpaired) electrons. The number of nitrogens with one attached hydrogen (secondary N) is 2. The molecule has 0 bridgehead atoms. The minimum Gasteiger partial charge on any atom is -0.333 e. The molecule has 2 N–H and O–H groups in total. The van der Waals surface area contributed by atoms with E-state index in [0.29, 0.717) is 0 Å². The van der Waals surface area contributed by atoms with Gasteiger partial charge in [-0.05, 0) is 24.6 Å². The van der Waals surface area contributed by atoms with E-state index >= 15 is 0 Å². The van der Waals surface area contributed by atoms with Gasteiger partial charge in [-0.3, -0.25) is 9.89 Å². The summed E-state index contributed by atoms with van der Waals surface area (Å²) in [5, 5.41) is 10.7. The molecule has 1 aromatic heterocycles. The Bertz CT molecular complexity index is 623. The van der Waals surface area contributed by atoms with Crippen molar-refractivity contribution in [1.82, 2.24) is 25.4 Å². The highest BCUT2D eigenvalue weighted by atomic mass is 35.5. The fourth-order valence-electron chi connectivity index (χ4n) is 2.47. The second-order valence-corrected chi connectivity index (χ2v) is 6.29. The number of nitrogens with zero attached hydrogens (tertiary/aromatic N) is 3. The van der Waals surface area contributed by atoms with Crippen LogP contribution < -0.4 is 5.32 Å². The Morgan fingerprint density at radius 3 is 2.71 bits per heavy atom. The number of aromatic nitrogens is 3. The average molecular weight is 390 g/mol. The van der Waals surface area contributed by atoms with Crippen molar-refractivity contribution in [2.75, 3.05) is 19.6 Å². The predicted octanol–water partition coefficient (Wildman–Crippen LogP) is 2.37. The molecule has 2 heterocycles. The number of hydrogen-bond donors (Lipinski definition) is 2. The number of thioether (sulfide) groups is 1. The molecule has 1 amide bonds. The molecule has 0 saturated carbocycles. The van der Waals surface area contributed by atoms with E-state index < -0.39 is 0 Å². The number of aromatic amines is 1. The maximum atomic E-state index is 12.5. The fourth-order valence-corrected chi connectivity index (χ4v) is 3.20. The van der Waals surface area contributed by atoms with Crippen molar-refractivity contribution in [3.63, 3.8) is 0 Å². The predicted molar refractivity (Wildman–Crippen MR) is 100 cm³/mol. The summed E-state index contributed by atoms with van der Waals surface area (Å²) in [6.07, 6.45) is 1.50. The summed E-state index contributed by atoms with van der Waals surface area (Å²) in [6, 6.07) is 8.07. The van der Waals surface area contributed by atoms with Crippen LogP contribution in [0.5, 0.6) is 0 Å². The highest BCUT2D eigenvalue weighted by Crippen LogP contribution is 2.19. The lowest BCUT2D eigenvalue weighted by atomic mass is 10.1. The third-order valence-corrected chi connectivity index (χ3v) is 4.68. The Labute approximate surface area is 158 Å². The van der Waals surface area contributed by atoms with Crippen LogP contribution in [0.25, 0.3) is 0 Å². The molecule has 2 aromatic rings. The van der Waals surface area contributed by atoms with Crippen molar-refractivity contribution >= 4 is 42.5 Å². The first kappa shape index (κ1) is 20.8. The highest BCUT2D eigenvalue weighted by molar-refractivity contribution is 7.98. The number of piperazine rings is 1. The number of halogens is 2. The number of amides is 1. The minimum atomic E-state index is 0. The summed E-state index contributed by atoms with van der Waals surface area (Å²) >= 11 is 1.59. The van der Waals surface area contributed by atoms with Crippen molar-refractivity contribution < 1.29 is 4.79 Å². The lowest BCUT2D eigenvalue weighted by Gasteiger charge is -2.34. The number of carbonyl (C=O) groups is 1. The molecular formula is C15H21Cl2N5OS. The maximum absolute atomic E-state index is 12.5. The second kappa shape index (κ2) is 9.88. The van der Waals surface area contributed by atoms with Crippen LogP contribution in [-0.2, 0) is 5.75 Å². The SMILES string of the molecule is C[C@H]1CNCCN1C(=O)c1ccc(CSc2ncn[nH]2)cc1.Cl.Cl. The molecule has 6 nitrogen and oxygen atoms in total. The molecule has 1 fully saturated rings. The first-order valence-electron chi connectivity index (χ1n) is 7.33.